The lowest BCUT2D eigenvalue weighted by Crippen LogP contribution is -2.51. The highest BCUT2D eigenvalue weighted by Gasteiger charge is 2.39. The van der Waals surface area contributed by atoms with Crippen LogP contribution in [-0.4, -0.2) is 30.2 Å². The molecule has 112 valence electrons. The number of hydrogen-bond acceptors (Lipinski definition) is 2. The van der Waals surface area contributed by atoms with E-state index in [1.54, 1.807) is 0 Å². The highest BCUT2D eigenvalue weighted by molar-refractivity contribution is 6.30. The molecular formula is C17H20ClNO2. The molecule has 2 bridgehead atoms. The zero-order chi connectivity index (χ0) is 14.8. The van der Waals surface area contributed by atoms with Crippen LogP contribution in [0.3, 0.4) is 0 Å². The molecule has 3 aliphatic rings. The van der Waals surface area contributed by atoms with E-state index < -0.39 is 0 Å². The summed E-state index contributed by atoms with van der Waals surface area (Å²) < 4.78 is 5.15. The van der Waals surface area contributed by atoms with Crippen molar-refractivity contribution in [2.45, 2.75) is 32.2 Å². The lowest BCUT2D eigenvalue weighted by Gasteiger charge is -2.46. The van der Waals surface area contributed by atoms with Crippen LogP contribution < -0.4 is 0 Å². The fraction of sp³-hybridized carbons (Fsp3) is 0.471. The Bertz CT molecular complexity index is 552. The van der Waals surface area contributed by atoms with E-state index in [-0.39, 0.29) is 6.09 Å². The maximum atomic E-state index is 12.0. The largest absolute Gasteiger partial charge is 0.450 e. The van der Waals surface area contributed by atoms with E-state index in [9.17, 15) is 4.79 Å². The third-order valence-electron chi connectivity index (χ3n) is 4.43. The van der Waals surface area contributed by atoms with Gasteiger partial charge in [-0.25, -0.2) is 4.79 Å². The summed E-state index contributed by atoms with van der Waals surface area (Å²) in [6.07, 6.45) is 5.32. The third-order valence-corrected chi connectivity index (χ3v) is 4.68. The van der Waals surface area contributed by atoms with Crippen molar-refractivity contribution in [3.63, 3.8) is 0 Å². The van der Waals surface area contributed by atoms with Crippen molar-refractivity contribution in [3.05, 3.63) is 40.4 Å². The topological polar surface area (TPSA) is 29.5 Å². The molecule has 4 rings (SSSR count). The minimum absolute atomic E-state index is 0.155. The molecule has 2 aliphatic heterocycles. The highest BCUT2D eigenvalue weighted by atomic mass is 35.5. The van der Waals surface area contributed by atoms with Crippen LogP contribution in [0.15, 0.2) is 29.8 Å². The molecule has 3 fully saturated rings. The number of ether oxygens (including phenoxy) is 1. The minimum atomic E-state index is -0.155. The summed E-state index contributed by atoms with van der Waals surface area (Å²) in [5.41, 5.74) is 2.64. The van der Waals surface area contributed by atoms with Crippen molar-refractivity contribution >= 4 is 23.8 Å². The Morgan fingerprint density at radius 1 is 1.38 bits per heavy atom. The van der Waals surface area contributed by atoms with Crippen LogP contribution >= 0.6 is 11.6 Å². The Morgan fingerprint density at radius 2 is 2.14 bits per heavy atom. The Kier molecular flexibility index (Phi) is 4.20. The number of benzene rings is 1. The molecule has 4 heteroatoms. The van der Waals surface area contributed by atoms with Crippen LogP contribution in [-0.2, 0) is 4.74 Å². The molecule has 1 aromatic carbocycles. The number of fused-ring (bicyclic) bond motifs is 3. The van der Waals surface area contributed by atoms with Crippen LogP contribution in [0.1, 0.15) is 31.7 Å². The van der Waals surface area contributed by atoms with Gasteiger partial charge in [0.25, 0.3) is 0 Å². The van der Waals surface area contributed by atoms with Crippen molar-refractivity contribution < 1.29 is 9.53 Å². The van der Waals surface area contributed by atoms with Gasteiger partial charge in [0.2, 0.25) is 0 Å². The smallest absolute Gasteiger partial charge is 0.410 e. The van der Waals surface area contributed by atoms with Crippen LogP contribution in [0, 0.1) is 5.92 Å². The van der Waals surface area contributed by atoms with Gasteiger partial charge in [-0.3, -0.25) is 0 Å². The van der Waals surface area contributed by atoms with Crippen LogP contribution in [0.4, 0.5) is 4.79 Å². The highest BCUT2D eigenvalue weighted by Crippen LogP contribution is 2.40. The number of carbonyl (C=O) groups is 1. The number of hydrogen-bond donors (Lipinski definition) is 0. The molecule has 0 radical (unpaired) electrons. The number of rotatable bonds is 2. The van der Waals surface area contributed by atoms with E-state index in [4.69, 9.17) is 16.3 Å². The van der Waals surface area contributed by atoms with Crippen LogP contribution in [0.2, 0.25) is 5.02 Å². The van der Waals surface area contributed by atoms with Gasteiger partial charge in [0.05, 0.1) is 6.61 Å². The quantitative estimate of drug-likeness (QED) is 0.812. The number of piperidine rings is 2. The van der Waals surface area contributed by atoms with E-state index in [1.807, 2.05) is 36.1 Å². The summed E-state index contributed by atoms with van der Waals surface area (Å²) in [6, 6.07) is 8.22. The molecule has 1 amide bonds. The van der Waals surface area contributed by atoms with E-state index in [0.29, 0.717) is 18.6 Å². The van der Waals surface area contributed by atoms with E-state index >= 15 is 0 Å². The molecule has 2 unspecified atom stereocenters. The second-order valence-electron chi connectivity index (χ2n) is 5.75. The third kappa shape index (κ3) is 3.08. The van der Waals surface area contributed by atoms with E-state index in [0.717, 1.165) is 24.4 Å². The fourth-order valence-corrected chi connectivity index (χ4v) is 3.49. The molecule has 1 aliphatic carbocycles. The summed E-state index contributed by atoms with van der Waals surface area (Å²) in [7, 11) is 0. The molecule has 1 aromatic rings. The molecule has 0 aromatic heterocycles. The fourth-order valence-electron chi connectivity index (χ4n) is 3.36. The minimum Gasteiger partial charge on any atom is -0.450 e. The first-order valence-electron chi connectivity index (χ1n) is 7.56. The lowest BCUT2D eigenvalue weighted by molar-refractivity contribution is 0.0518. The van der Waals surface area contributed by atoms with Gasteiger partial charge in [0, 0.05) is 17.6 Å². The van der Waals surface area contributed by atoms with Crippen molar-refractivity contribution in [2.24, 2.45) is 5.92 Å². The molecule has 1 saturated carbocycles. The molecular weight excluding hydrogens is 286 g/mol. The van der Waals surface area contributed by atoms with Crippen LogP contribution in [0.25, 0.3) is 6.08 Å². The van der Waals surface area contributed by atoms with Gasteiger partial charge in [-0.05, 0) is 49.8 Å². The van der Waals surface area contributed by atoms with E-state index in [2.05, 4.69) is 6.08 Å². The number of carbonyl (C=O) groups excluding carboxylic acids is 1. The van der Waals surface area contributed by atoms with Gasteiger partial charge in [0.1, 0.15) is 0 Å². The second kappa shape index (κ2) is 6.10. The maximum Gasteiger partial charge on any atom is 0.410 e. The molecule has 0 spiro atoms. The van der Waals surface area contributed by atoms with Gasteiger partial charge in [-0.1, -0.05) is 35.4 Å². The Balaban J connectivity index is 1.74. The number of halogens is 1. The molecule has 2 atom stereocenters. The Labute approximate surface area is 130 Å². The first-order chi connectivity index (χ1) is 10.2. The lowest BCUT2D eigenvalue weighted by atomic mass is 9.75. The number of amides is 1. The second-order valence-corrected chi connectivity index (χ2v) is 6.19. The zero-order valence-electron chi connectivity index (χ0n) is 12.2. The van der Waals surface area contributed by atoms with Gasteiger partial charge in [-0.15, -0.1) is 0 Å². The van der Waals surface area contributed by atoms with Gasteiger partial charge in [0.15, 0.2) is 0 Å². The zero-order valence-corrected chi connectivity index (χ0v) is 13.0. The maximum absolute atomic E-state index is 12.0. The predicted molar refractivity (Wildman–Crippen MR) is 84.3 cm³/mol. The first kappa shape index (κ1) is 14.5. The average Bonchev–Trinajstić information content (AvgIpc) is 2.50. The van der Waals surface area contributed by atoms with Crippen molar-refractivity contribution in [3.8, 4) is 0 Å². The Hall–Kier alpha value is -1.48. The summed E-state index contributed by atoms with van der Waals surface area (Å²) in [4.78, 5) is 13.9. The molecule has 2 heterocycles. The van der Waals surface area contributed by atoms with Gasteiger partial charge < -0.3 is 9.64 Å². The number of nitrogens with zero attached hydrogens (tertiary/aromatic N) is 1. The normalized spacial score (nSPS) is 26.2. The molecule has 2 saturated heterocycles. The molecule has 0 N–H and O–H groups in total. The first-order valence-corrected chi connectivity index (χ1v) is 7.94. The molecule has 3 nitrogen and oxygen atoms in total. The van der Waals surface area contributed by atoms with Gasteiger partial charge >= 0.3 is 6.09 Å². The summed E-state index contributed by atoms with van der Waals surface area (Å²) in [6.45, 7) is 3.09. The summed E-state index contributed by atoms with van der Waals surface area (Å²) in [5.74, 6) is 0.468. The predicted octanol–water partition coefficient (Wildman–Crippen LogP) is 4.36. The SMILES string of the molecule is CCOC(=O)N1CC2CCC1C/C2=C\c1ccc(Cl)cc1. The van der Waals surface area contributed by atoms with Crippen molar-refractivity contribution in [1.29, 1.82) is 0 Å². The van der Waals surface area contributed by atoms with Crippen molar-refractivity contribution in [2.75, 3.05) is 13.2 Å². The summed E-state index contributed by atoms with van der Waals surface area (Å²) >= 11 is 5.92. The monoisotopic (exact) mass is 305 g/mol. The average molecular weight is 306 g/mol. The van der Waals surface area contributed by atoms with Crippen LogP contribution in [0.5, 0.6) is 0 Å². The van der Waals surface area contributed by atoms with Crippen molar-refractivity contribution in [1.82, 2.24) is 4.90 Å². The van der Waals surface area contributed by atoms with Gasteiger partial charge in [-0.2, -0.15) is 0 Å². The standard InChI is InChI=1S/C17H20ClNO2/c1-2-21-17(20)19-11-13-5-8-16(19)10-14(13)9-12-3-6-15(18)7-4-12/h3-4,6-7,9,13,16H,2,5,8,10-11H2,1H3/b14-9+. The van der Waals surface area contributed by atoms with E-state index in [1.165, 1.54) is 17.6 Å². The Morgan fingerprint density at radius 3 is 2.76 bits per heavy atom. The molecule has 21 heavy (non-hydrogen) atoms. The summed E-state index contributed by atoms with van der Waals surface area (Å²) in [5, 5.41) is 0.760.